The van der Waals surface area contributed by atoms with Crippen LogP contribution in [-0.2, 0) is 20.6 Å². The largest absolute Gasteiger partial charge is 0.342 e. The van der Waals surface area contributed by atoms with E-state index in [0.29, 0.717) is 19.0 Å². The number of nitrogens with zero attached hydrogens (tertiary/aromatic N) is 5. The molecule has 0 aliphatic carbocycles. The summed E-state index contributed by atoms with van der Waals surface area (Å²) in [6.45, 7) is 1.09. The SMILES string of the molecule is Cn1c(=O)c2c(nc(N3CCC=CCC3)n2Cc2c(F)cccc2F)n(C)c1=O. The van der Waals surface area contributed by atoms with Crippen molar-refractivity contribution in [3.63, 3.8) is 0 Å². The van der Waals surface area contributed by atoms with Crippen LogP contribution < -0.4 is 16.1 Å². The summed E-state index contributed by atoms with van der Waals surface area (Å²) in [5.41, 5.74) is -0.872. The lowest BCUT2D eigenvalue weighted by molar-refractivity contribution is 0.545. The maximum absolute atomic E-state index is 14.4. The van der Waals surface area contributed by atoms with Crippen LogP contribution in [-0.4, -0.2) is 31.8 Å². The van der Waals surface area contributed by atoms with Crippen LogP contribution in [0.4, 0.5) is 14.7 Å². The van der Waals surface area contributed by atoms with Crippen LogP contribution in [0.25, 0.3) is 11.2 Å². The van der Waals surface area contributed by atoms with Gasteiger partial charge in [0.05, 0.1) is 6.54 Å². The second-order valence-corrected chi connectivity index (χ2v) is 7.11. The molecule has 0 amide bonds. The number of benzene rings is 1. The molecule has 152 valence electrons. The van der Waals surface area contributed by atoms with Gasteiger partial charge in [0.1, 0.15) is 11.6 Å². The van der Waals surface area contributed by atoms with E-state index in [0.717, 1.165) is 17.4 Å². The molecule has 3 heterocycles. The van der Waals surface area contributed by atoms with E-state index in [1.165, 1.54) is 41.4 Å². The quantitative estimate of drug-likeness (QED) is 0.629. The normalized spacial score (nSPS) is 14.6. The fraction of sp³-hybridized carbons (Fsp3) is 0.350. The molecule has 29 heavy (non-hydrogen) atoms. The summed E-state index contributed by atoms with van der Waals surface area (Å²) < 4.78 is 32.5. The third-order valence-corrected chi connectivity index (χ3v) is 5.29. The average Bonchev–Trinajstić information content (AvgIpc) is 2.88. The molecule has 3 aromatic rings. The monoisotopic (exact) mass is 401 g/mol. The van der Waals surface area contributed by atoms with Crippen molar-refractivity contribution in [1.29, 1.82) is 0 Å². The summed E-state index contributed by atoms with van der Waals surface area (Å²) in [6, 6.07) is 3.66. The Hall–Kier alpha value is -3.23. The van der Waals surface area contributed by atoms with Gasteiger partial charge in [-0.3, -0.25) is 18.5 Å². The molecule has 1 aromatic carbocycles. The van der Waals surface area contributed by atoms with Gasteiger partial charge in [-0.25, -0.2) is 13.6 Å². The van der Waals surface area contributed by atoms with Gasteiger partial charge in [-0.15, -0.1) is 0 Å². The number of anilines is 1. The molecule has 0 bridgehead atoms. The number of imidazole rings is 1. The summed E-state index contributed by atoms with van der Waals surface area (Å²) in [5, 5.41) is 0. The first kappa shape index (κ1) is 19.1. The smallest absolute Gasteiger partial charge is 0.332 e. The molecule has 9 heteroatoms. The summed E-state index contributed by atoms with van der Waals surface area (Å²) in [6.07, 6.45) is 5.71. The van der Waals surface area contributed by atoms with E-state index in [9.17, 15) is 18.4 Å². The van der Waals surface area contributed by atoms with Crippen LogP contribution in [0.1, 0.15) is 18.4 Å². The molecule has 0 saturated carbocycles. The minimum absolute atomic E-state index is 0.143. The highest BCUT2D eigenvalue weighted by Gasteiger charge is 2.24. The van der Waals surface area contributed by atoms with Crippen molar-refractivity contribution in [3.05, 3.63) is 68.4 Å². The van der Waals surface area contributed by atoms with Gasteiger partial charge < -0.3 is 4.90 Å². The predicted octanol–water partition coefficient (Wildman–Crippen LogP) is 1.92. The Morgan fingerprint density at radius 1 is 1.00 bits per heavy atom. The van der Waals surface area contributed by atoms with E-state index < -0.39 is 22.9 Å². The van der Waals surface area contributed by atoms with Crippen LogP contribution in [0.5, 0.6) is 0 Å². The molecule has 7 nitrogen and oxygen atoms in total. The van der Waals surface area contributed by atoms with Gasteiger partial charge in [-0.05, 0) is 25.0 Å². The highest BCUT2D eigenvalue weighted by Crippen LogP contribution is 2.24. The Bertz CT molecular complexity index is 1210. The zero-order valence-corrected chi connectivity index (χ0v) is 16.2. The summed E-state index contributed by atoms with van der Waals surface area (Å²) in [5.74, 6) is -0.974. The lowest BCUT2D eigenvalue weighted by atomic mass is 10.2. The molecule has 0 unspecified atom stereocenters. The molecule has 0 atom stereocenters. The van der Waals surface area contributed by atoms with Gasteiger partial charge in [0.15, 0.2) is 11.2 Å². The molecule has 0 spiro atoms. The standard InChI is InChI=1S/C20H21F2N5O2/c1-24-17-16(18(28)25(2)20(24)29)27(12-13-14(21)8-7-9-15(13)22)19(23-17)26-10-5-3-4-6-11-26/h3-4,7-9H,5-6,10-12H2,1-2H3. The minimum Gasteiger partial charge on any atom is -0.342 e. The van der Waals surface area contributed by atoms with E-state index in [1.807, 2.05) is 4.90 Å². The van der Waals surface area contributed by atoms with Crippen LogP contribution >= 0.6 is 0 Å². The van der Waals surface area contributed by atoms with E-state index in [1.54, 1.807) is 0 Å². The lowest BCUT2D eigenvalue weighted by Gasteiger charge is -2.22. The van der Waals surface area contributed by atoms with Gasteiger partial charge in [0.25, 0.3) is 5.56 Å². The van der Waals surface area contributed by atoms with Crippen molar-refractivity contribution in [2.75, 3.05) is 18.0 Å². The van der Waals surface area contributed by atoms with Crippen molar-refractivity contribution in [1.82, 2.24) is 18.7 Å². The summed E-state index contributed by atoms with van der Waals surface area (Å²) in [7, 11) is 2.90. The second-order valence-electron chi connectivity index (χ2n) is 7.11. The molecule has 0 radical (unpaired) electrons. The molecule has 1 aliphatic heterocycles. The van der Waals surface area contributed by atoms with Gasteiger partial charge in [0, 0.05) is 32.7 Å². The van der Waals surface area contributed by atoms with E-state index in [2.05, 4.69) is 17.1 Å². The summed E-state index contributed by atoms with van der Waals surface area (Å²) in [4.78, 5) is 31.8. The van der Waals surface area contributed by atoms with Crippen molar-refractivity contribution in [2.24, 2.45) is 14.1 Å². The minimum atomic E-state index is -0.697. The Labute approximate surface area is 165 Å². The first-order valence-corrected chi connectivity index (χ1v) is 9.39. The highest BCUT2D eigenvalue weighted by atomic mass is 19.1. The van der Waals surface area contributed by atoms with Crippen LogP contribution in [0.15, 0.2) is 39.9 Å². The number of fused-ring (bicyclic) bond motifs is 1. The highest BCUT2D eigenvalue weighted by molar-refractivity contribution is 5.74. The number of aromatic nitrogens is 4. The molecule has 1 aliphatic rings. The predicted molar refractivity (Wildman–Crippen MR) is 106 cm³/mol. The zero-order valence-electron chi connectivity index (χ0n) is 16.2. The van der Waals surface area contributed by atoms with Crippen molar-refractivity contribution in [3.8, 4) is 0 Å². The van der Waals surface area contributed by atoms with E-state index >= 15 is 0 Å². The van der Waals surface area contributed by atoms with Gasteiger partial charge in [-0.2, -0.15) is 4.98 Å². The molecular formula is C20H21F2N5O2. The Morgan fingerprint density at radius 3 is 2.24 bits per heavy atom. The van der Waals surface area contributed by atoms with E-state index in [4.69, 9.17) is 0 Å². The van der Waals surface area contributed by atoms with Crippen molar-refractivity contribution < 1.29 is 8.78 Å². The fourth-order valence-corrected chi connectivity index (χ4v) is 3.68. The number of rotatable bonds is 3. The van der Waals surface area contributed by atoms with Gasteiger partial charge >= 0.3 is 5.69 Å². The van der Waals surface area contributed by atoms with E-state index in [-0.39, 0.29) is 23.3 Å². The maximum atomic E-state index is 14.4. The van der Waals surface area contributed by atoms with Crippen molar-refractivity contribution in [2.45, 2.75) is 19.4 Å². The molecular weight excluding hydrogens is 380 g/mol. The number of hydrogen-bond donors (Lipinski definition) is 0. The topological polar surface area (TPSA) is 65.1 Å². The fourth-order valence-electron chi connectivity index (χ4n) is 3.68. The second kappa shape index (κ2) is 7.31. The molecule has 0 saturated heterocycles. The molecule has 2 aromatic heterocycles. The first-order chi connectivity index (χ1) is 13.9. The van der Waals surface area contributed by atoms with Crippen molar-refractivity contribution >= 4 is 17.1 Å². The third kappa shape index (κ3) is 3.16. The number of halogens is 2. The molecule has 4 rings (SSSR count). The molecule has 0 fully saturated rings. The van der Waals surface area contributed by atoms with Crippen LogP contribution in [0.2, 0.25) is 0 Å². The summed E-state index contributed by atoms with van der Waals surface area (Å²) >= 11 is 0. The first-order valence-electron chi connectivity index (χ1n) is 9.39. The van der Waals surface area contributed by atoms with Gasteiger partial charge in [-0.1, -0.05) is 18.2 Å². The molecule has 0 N–H and O–H groups in total. The van der Waals surface area contributed by atoms with Gasteiger partial charge in [0.2, 0.25) is 5.95 Å². The average molecular weight is 401 g/mol. The third-order valence-electron chi connectivity index (χ3n) is 5.29. The Morgan fingerprint density at radius 2 is 1.62 bits per heavy atom. The number of hydrogen-bond acceptors (Lipinski definition) is 4. The maximum Gasteiger partial charge on any atom is 0.332 e. The lowest BCUT2D eigenvalue weighted by Crippen LogP contribution is -2.37. The number of aryl methyl sites for hydroxylation is 1. The zero-order chi connectivity index (χ0) is 20.7. The Balaban J connectivity index is 2.00. The van der Waals surface area contributed by atoms with Crippen LogP contribution in [0, 0.1) is 11.6 Å². The Kier molecular flexibility index (Phi) is 4.81. The van der Waals surface area contributed by atoms with Crippen LogP contribution in [0.3, 0.4) is 0 Å².